The highest BCUT2D eigenvalue weighted by molar-refractivity contribution is 5.41. The van der Waals surface area contributed by atoms with E-state index in [2.05, 4.69) is 49.4 Å². The van der Waals surface area contributed by atoms with Crippen LogP contribution in [0.5, 0.6) is 0 Å². The molecular formula is C25H34O4. The number of hydrogen-bond donors (Lipinski definition) is 3. The number of hydrogen-bond acceptors (Lipinski definition) is 4. The van der Waals surface area contributed by atoms with Crippen LogP contribution in [-0.4, -0.2) is 40.2 Å². The van der Waals surface area contributed by atoms with Gasteiger partial charge in [-0.25, -0.2) is 0 Å². The Kier molecular flexibility index (Phi) is 7.47. The molecule has 1 saturated carbocycles. The maximum atomic E-state index is 10.2. The second-order valence-electron chi connectivity index (χ2n) is 8.03. The van der Waals surface area contributed by atoms with Crippen molar-refractivity contribution >= 4 is 0 Å². The molecule has 29 heavy (non-hydrogen) atoms. The Morgan fingerprint density at radius 2 is 1.69 bits per heavy atom. The van der Waals surface area contributed by atoms with E-state index in [0.717, 1.165) is 12.0 Å². The summed E-state index contributed by atoms with van der Waals surface area (Å²) in [5.74, 6) is 0.657. The van der Waals surface area contributed by atoms with Crippen LogP contribution in [0.3, 0.4) is 0 Å². The molecular weight excluding hydrogens is 364 g/mol. The molecule has 2 fully saturated rings. The van der Waals surface area contributed by atoms with Crippen molar-refractivity contribution in [1.82, 2.24) is 0 Å². The highest BCUT2D eigenvalue weighted by Gasteiger charge is 2.37. The molecule has 158 valence electrons. The fourth-order valence-electron chi connectivity index (χ4n) is 4.02. The topological polar surface area (TPSA) is 69.9 Å². The molecule has 2 aromatic rings. The van der Waals surface area contributed by atoms with E-state index in [9.17, 15) is 15.3 Å². The minimum absolute atomic E-state index is 0.300. The first kappa shape index (κ1) is 22.0. The zero-order valence-corrected chi connectivity index (χ0v) is 17.7. The van der Waals surface area contributed by atoms with Crippen LogP contribution in [0, 0.1) is 6.92 Å². The second-order valence-corrected chi connectivity index (χ2v) is 8.03. The van der Waals surface area contributed by atoms with Crippen molar-refractivity contribution in [2.45, 2.75) is 76.8 Å². The van der Waals surface area contributed by atoms with E-state index in [4.69, 9.17) is 4.74 Å². The molecule has 0 radical (unpaired) electrons. The monoisotopic (exact) mass is 398 g/mol. The lowest BCUT2D eigenvalue weighted by molar-refractivity contribution is -0.181. The third-order valence-corrected chi connectivity index (χ3v) is 5.82. The first-order valence-corrected chi connectivity index (χ1v) is 10.9. The van der Waals surface area contributed by atoms with Gasteiger partial charge in [-0.15, -0.1) is 0 Å². The molecule has 4 atom stereocenters. The van der Waals surface area contributed by atoms with Crippen LogP contribution in [-0.2, 0) is 11.2 Å². The number of ether oxygens (including phenoxy) is 1. The lowest BCUT2D eigenvalue weighted by Gasteiger charge is -2.36. The van der Waals surface area contributed by atoms with Crippen LogP contribution in [0.15, 0.2) is 42.5 Å². The third-order valence-electron chi connectivity index (χ3n) is 5.82. The van der Waals surface area contributed by atoms with Gasteiger partial charge in [0, 0.05) is 6.42 Å². The number of aliphatic hydroxyl groups excluding tert-OH is 3. The van der Waals surface area contributed by atoms with Gasteiger partial charge in [-0.3, -0.25) is 0 Å². The molecule has 3 N–H and O–H groups in total. The second kappa shape index (κ2) is 9.86. The number of aryl methyl sites for hydroxylation is 1. The molecule has 0 amide bonds. The number of aliphatic hydroxyl groups is 3. The molecule has 0 bridgehead atoms. The summed E-state index contributed by atoms with van der Waals surface area (Å²) >= 11 is 0. The van der Waals surface area contributed by atoms with Gasteiger partial charge in [-0.2, -0.15) is 0 Å². The first-order valence-electron chi connectivity index (χ1n) is 10.9. The standard InChI is InChI=1S/C23H28O4.C2H6/c1-14-2-4-15(5-3-14)10-18-11-17(8-9-19(18)16-6-7-16)21-12-20(25)23(26)22(13-24)27-21;1-2/h2-5,8-9,11,16,20-26H,6-7,10,12-13H2,1H3;1-2H3/t20-,21-,22-,23+;/m1./s1. The third kappa shape index (κ3) is 5.26. The van der Waals surface area contributed by atoms with E-state index in [-0.39, 0.29) is 12.7 Å². The lowest BCUT2D eigenvalue weighted by atomic mass is 9.89. The summed E-state index contributed by atoms with van der Waals surface area (Å²) in [5.41, 5.74) is 6.27. The Morgan fingerprint density at radius 1 is 1.00 bits per heavy atom. The van der Waals surface area contributed by atoms with Crippen molar-refractivity contribution in [2.75, 3.05) is 6.61 Å². The smallest absolute Gasteiger partial charge is 0.110 e. The summed E-state index contributed by atoms with van der Waals surface area (Å²) in [6.45, 7) is 5.79. The van der Waals surface area contributed by atoms with Gasteiger partial charge in [-0.05, 0) is 54.4 Å². The van der Waals surface area contributed by atoms with Gasteiger partial charge < -0.3 is 20.1 Å². The molecule has 1 heterocycles. The van der Waals surface area contributed by atoms with Crippen molar-refractivity contribution in [3.8, 4) is 0 Å². The van der Waals surface area contributed by atoms with Crippen molar-refractivity contribution in [2.24, 2.45) is 0 Å². The summed E-state index contributed by atoms with van der Waals surface area (Å²) in [4.78, 5) is 0. The van der Waals surface area contributed by atoms with Crippen molar-refractivity contribution in [3.63, 3.8) is 0 Å². The van der Waals surface area contributed by atoms with E-state index in [1.807, 2.05) is 13.8 Å². The zero-order valence-electron chi connectivity index (χ0n) is 17.7. The Morgan fingerprint density at radius 3 is 2.31 bits per heavy atom. The summed E-state index contributed by atoms with van der Waals surface area (Å²) in [6, 6.07) is 15.1. The zero-order chi connectivity index (χ0) is 21.0. The van der Waals surface area contributed by atoms with Crippen LogP contribution < -0.4 is 0 Å². The number of rotatable bonds is 5. The minimum atomic E-state index is -1.04. The Hall–Kier alpha value is -1.72. The maximum absolute atomic E-state index is 10.2. The largest absolute Gasteiger partial charge is 0.394 e. The average molecular weight is 399 g/mol. The Bertz CT molecular complexity index is 782. The van der Waals surface area contributed by atoms with E-state index in [1.54, 1.807) is 0 Å². The molecule has 1 aliphatic carbocycles. The molecule has 0 spiro atoms. The van der Waals surface area contributed by atoms with E-state index in [0.29, 0.717) is 12.3 Å². The first-order chi connectivity index (χ1) is 14.0. The normalized spacial score (nSPS) is 26.6. The summed E-state index contributed by atoms with van der Waals surface area (Å²) in [5, 5.41) is 29.6. The van der Waals surface area contributed by atoms with Crippen LogP contribution in [0.2, 0.25) is 0 Å². The van der Waals surface area contributed by atoms with Crippen LogP contribution in [0.25, 0.3) is 0 Å². The van der Waals surface area contributed by atoms with E-state index in [1.165, 1.54) is 35.1 Å². The lowest BCUT2D eigenvalue weighted by Crippen LogP contribution is -2.47. The molecule has 4 heteroatoms. The minimum Gasteiger partial charge on any atom is -0.394 e. The van der Waals surface area contributed by atoms with Crippen LogP contribution in [0.4, 0.5) is 0 Å². The van der Waals surface area contributed by atoms with Crippen LogP contribution in [0.1, 0.15) is 72.9 Å². The van der Waals surface area contributed by atoms with Gasteiger partial charge in [0.05, 0.1) is 18.8 Å². The highest BCUT2D eigenvalue weighted by atomic mass is 16.5. The Labute approximate surface area is 174 Å². The molecule has 1 aliphatic heterocycles. The van der Waals surface area contributed by atoms with Gasteiger partial charge in [0.25, 0.3) is 0 Å². The van der Waals surface area contributed by atoms with Crippen molar-refractivity contribution in [1.29, 1.82) is 0 Å². The average Bonchev–Trinajstić information content (AvgIpc) is 3.58. The summed E-state index contributed by atoms with van der Waals surface area (Å²) in [6.07, 6.45) is 0.725. The number of benzene rings is 2. The molecule has 0 aromatic heterocycles. The van der Waals surface area contributed by atoms with Gasteiger partial charge in [0.2, 0.25) is 0 Å². The molecule has 4 nitrogen and oxygen atoms in total. The fourth-order valence-corrected chi connectivity index (χ4v) is 4.02. The highest BCUT2D eigenvalue weighted by Crippen LogP contribution is 2.43. The molecule has 0 unspecified atom stereocenters. The molecule has 2 aromatic carbocycles. The van der Waals surface area contributed by atoms with Gasteiger partial charge in [0.1, 0.15) is 12.2 Å². The molecule has 1 saturated heterocycles. The van der Waals surface area contributed by atoms with Gasteiger partial charge in [0.15, 0.2) is 0 Å². The molecule has 4 rings (SSSR count). The maximum Gasteiger partial charge on any atom is 0.110 e. The van der Waals surface area contributed by atoms with Crippen molar-refractivity contribution < 1.29 is 20.1 Å². The summed E-state index contributed by atoms with van der Waals surface area (Å²) in [7, 11) is 0. The predicted molar refractivity (Wildman–Crippen MR) is 115 cm³/mol. The van der Waals surface area contributed by atoms with E-state index < -0.39 is 18.3 Å². The predicted octanol–water partition coefficient (Wildman–Crippen LogP) is 4.03. The Balaban J connectivity index is 0.00000117. The molecule has 2 aliphatic rings. The van der Waals surface area contributed by atoms with Crippen molar-refractivity contribution in [3.05, 3.63) is 70.3 Å². The fraction of sp³-hybridized carbons (Fsp3) is 0.520. The SMILES string of the molecule is CC.Cc1ccc(Cc2cc([C@H]3C[C@@H](O)[C@H](O)[C@@H](CO)O3)ccc2C2CC2)cc1. The van der Waals surface area contributed by atoms with E-state index >= 15 is 0 Å². The van der Waals surface area contributed by atoms with Gasteiger partial charge in [-0.1, -0.05) is 61.9 Å². The van der Waals surface area contributed by atoms with Crippen LogP contribution >= 0.6 is 0 Å². The van der Waals surface area contributed by atoms with Gasteiger partial charge >= 0.3 is 0 Å². The summed E-state index contributed by atoms with van der Waals surface area (Å²) < 4.78 is 5.88. The quantitative estimate of drug-likeness (QED) is 0.711.